The van der Waals surface area contributed by atoms with Gasteiger partial charge in [0.2, 0.25) is 0 Å². The van der Waals surface area contributed by atoms with E-state index < -0.39 is 0 Å². The second-order valence-electron chi connectivity index (χ2n) is 6.84. The number of hydrogen-bond donors (Lipinski definition) is 2. The van der Waals surface area contributed by atoms with Crippen LogP contribution in [-0.2, 0) is 6.54 Å². The maximum Gasteiger partial charge on any atom is 0.251 e. The highest BCUT2D eigenvalue weighted by atomic mass is 16.1. The number of nitrogens with one attached hydrogen (secondary N) is 2. The molecule has 0 aliphatic carbocycles. The van der Waals surface area contributed by atoms with Gasteiger partial charge in [0.05, 0.1) is 5.52 Å². The quantitative estimate of drug-likeness (QED) is 0.416. The lowest BCUT2D eigenvalue weighted by Gasteiger charge is -2.12. The van der Waals surface area contributed by atoms with Crippen LogP contribution in [0.3, 0.4) is 0 Å². The molecule has 6 heteroatoms. The van der Waals surface area contributed by atoms with E-state index in [-0.39, 0.29) is 16.9 Å². The number of para-hydroxylation sites is 1. The number of hydrogen-bond acceptors (Lipinski definition) is 4. The molecule has 0 bridgehead atoms. The predicted octanol–water partition coefficient (Wildman–Crippen LogP) is 3.63. The summed E-state index contributed by atoms with van der Waals surface area (Å²) in [6.45, 7) is 2.72. The monoisotopic (exact) mass is 383 g/mol. The molecule has 3 heterocycles. The maximum absolute atomic E-state index is 12.2. The summed E-state index contributed by atoms with van der Waals surface area (Å²) in [4.78, 5) is 16.6. The van der Waals surface area contributed by atoms with E-state index in [1.165, 1.54) is 4.57 Å². The zero-order chi connectivity index (χ0) is 20.4. The topological polar surface area (TPSA) is 87.5 Å². The van der Waals surface area contributed by atoms with Gasteiger partial charge >= 0.3 is 0 Å². The molecule has 0 aliphatic heterocycles. The molecule has 0 atom stereocenters. The molecular formula is C23H21N5O. The Bertz CT molecular complexity index is 1330. The van der Waals surface area contributed by atoms with E-state index in [1.807, 2.05) is 43.3 Å². The number of rotatable bonds is 4. The van der Waals surface area contributed by atoms with Crippen molar-refractivity contribution in [3.8, 4) is 11.1 Å². The minimum absolute atomic E-state index is 0.0522. The van der Waals surface area contributed by atoms with E-state index in [9.17, 15) is 4.79 Å². The molecular weight excluding hydrogens is 362 g/mol. The number of nitrogens with zero attached hydrogens (tertiary/aromatic N) is 3. The molecule has 3 aromatic heterocycles. The summed E-state index contributed by atoms with van der Waals surface area (Å²) >= 11 is 0. The standard InChI is InChI=1S/C23H21N5O/c1-2-11-27-12-8-17(15-22(27)29)16-9-13-28(21(24)14-16)23(25)19-7-10-26-20-6-4-3-5-18(19)20/h3-10,12-15,24-25H,2,11H2,1H3. The summed E-state index contributed by atoms with van der Waals surface area (Å²) in [6.07, 6.45) is 6.06. The van der Waals surface area contributed by atoms with Crippen molar-refractivity contribution in [2.45, 2.75) is 19.9 Å². The van der Waals surface area contributed by atoms with Gasteiger partial charge in [-0.25, -0.2) is 0 Å². The van der Waals surface area contributed by atoms with Crippen LogP contribution in [0.15, 0.2) is 78.0 Å². The lowest BCUT2D eigenvalue weighted by atomic mass is 10.1. The molecule has 144 valence electrons. The number of pyridine rings is 3. The van der Waals surface area contributed by atoms with E-state index in [0.29, 0.717) is 12.1 Å². The van der Waals surface area contributed by atoms with Crippen molar-refractivity contribution < 1.29 is 0 Å². The van der Waals surface area contributed by atoms with Crippen LogP contribution >= 0.6 is 0 Å². The Morgan fingerprint density at radius 2 is 1.79 bits per heavy atom. The highest BCUT2D eigenvalue weighted by Crippen LogP contribution is 2.18. The van der Waals surface area contributed by atoms with Crippen molar-refractivity contribution in [3.05, 3.63) is 94.6 Å². The van der Waals surface area contributed by atoms with Gasteiger partial charge in [0, 0.05) is 42.2 Å². The van der Waals surface area contributed by atoms with Gasteiger partial charge in [0.25, 0.3) is 5.56 Å². The average molecular weight is 383 g/mol. The number of fused-ring (bicyclic) bond motifs is 1. The average Bonchev–Trinajstić information content (AvgIpc) is 2.74. The van der Waals surface area contributed by atoms with Crippen molar-refractivity contribution in [2.24, 2.45) is 0 Å². The van der Waals surface area contributed by atoms with Crippen LogP contribution in [-0.4, -0.2) is 20.0 Å². The molecule has 0 amide bonds. The van der Waals surface area contributed by atoms with E-state index >= 15 is 0 Å². The first kappa shape index (κ1) is 18.6. The molecule has 4 rings (SSSR count). The van der Waals surface area contributed by atoms with Gasteiger partial charge in [-0.1, -0.05) is 25.1 Å². The second kappa shape index (κ2) is 7.67. The van der Waals surface area contributed by atoms with E-state index in [2.05, 4.69) is 4.98 Å². The van der Waals surface area contributed by atoms with Crippen molar-refractivity contribution in [1.82, 2.24) is 14.1 Å². The minimum atomic E-state index is -0.0522. The van der Waals surface area contributed by atoms with Gasteiger partial charge in [-0.05, 0) is 47.9 Å². The van der Waals surface area contributed by atoms with E-state index in [1.54, 1.807) is 41.4 Å². The molecule has 6 nitrogen and oxygen atoms in total. The summed E-state index contributed by atoms with van der Waals surface area (Å²) in [6, 6.07) is 16.4. The third kappa shape index (κ3) is 3.52. The molecule has 1 aromatic carbocycles. The summed E-state index contributed by atoms with van der Waals surface area (Å²) in [5.41, 5.74) is 3.19. The van der Waals surface area contributed by atoms with Crippen molar-refractivity contribution in [2.75, 3.05) is 0 Å². The summed E-state index contributed by atoms with van der Waals surface area (Å²) in [7, 11) is 0. The minimum Gasteiger partial charge on any atom is -0.316 e. The largest absolute Gasteiger partial charge is 0.316 e. The van der Waals surface area contributed by atoms with Crippen molar-refractivity contribution in [1.29, 1.82) is 10.8 Å². The summed E-state index contributed by atoms with van der Waals surface area (Å²) in [5, 5.41) is 17.9. The fraction of sp³-hybridized carbons (Fsp3) is 0.130. The molecule has 2 N–H and O–H groups in total. The SMILES string of the molecule is CCCn1ccc(-c2ccn(C(=N)c3ccnc4ccccc34)c(=N)c2)cc1=O. The van der Waals surface area contributed by atoms with Crippen molar-refractivity contribution >= 4 is 16.7 Å². The van der Waals surface area contributed by atoms with E-state index in [0.717, 1.165) is 28.5 Å². The Labute approximate surface area is 167 Å². The predicted molar refractivity (Wildman–Crippen MR) is 114 cm³/mol. The smallest absolute Gasteiger partial charge is 0.251 e. The molecule has 0 aliphatic rings. The molecule has 0 radical (unpaired) electrons. The fourth-order valence-corrected chi connectivity index (χ4v) is 3.42. The van der Waals surface area contributed by atoms with Gasteiger partial charge in [-0.15, -0.1) is 0 Å². The van der Waals surface area contributed by atoms with Crippen LogP contribution < -0.4 is 11.0 Å². The van der Waals surface area contributed by atoms with Crippen LogP contribution in [0.4, 0.5) is 0 Å². The van der Waals surface area contributed by atoms with Crippen LogP contribution in [0.2, 0.25) is 0 Å². The lowest BCUT2D eigenvalue weighted by molar-refractivity contribution is 0.654. The van der Waals surface area contributed by atoms with Crippen LogP contribution in [0, 0.1) is 10.8 Å². The van der Waals surface area contributed by atoms with Gasteiger partial charge in [0.15, 0.2) is 0 Å². The zero-order valence-corrected chi connectivity index (χ0v) is 16.1. The van der Waals surface area contributed by atoms with Gasteiger partial charge in [-0.3, -0.25) is 25.2 Å². The lowest BCUT2D eigenvalue weighted by Crippen LogP contribution is -2.26. The molecule has 0 saturated carbocycles. The number of aryl methyl sites for hydroxylation is 1. The third-order valence-corrected chi connectivity index (χ3v) is 4.89. The summed E-state index contributed by atoms with van der Waals surface area (Å²) < 4.78 is 3.20. The van der Waals surface area contributed by atoms with Gasteiger partial charge in [0.1, 0.15) is 11.3 Å². The Kier molecular flexibility index (Phi) is 4.91. The first-order valence-electron chi connectivity index (χ1n) is 9.49. The molecule has 0 saturated heterocycles. The van der Waals surface area contributed by atoms with Crippen LogP contribution in [0.1, 0.15) is 18.9 Å². The molecule has 29 heavy (non-hydrogen) atoms. The highest BCUT2D eigenvalue weighted by molar-refractivity contribution is 6.08. The molecule has 0 fully saturated rings. The Morgan fingerprint density at radius 1 is 1.03 bits per heavy atom. The van der Waals surface area contributed by atoms with Crippen LogP contribution in [0.25, 0.3) is 22.0 Å². The first-order chi connectivity index (χ1) is 14.1. The first-order valence-corrected chi connectivity index (χ1v) is 9.49. The zero-order valence-electron chi connectivity index (χ0n) is 16.1. The normalized spacial score (nSPS) is 10.9. The fourth-order valence-electron chi connectivity index (χ4n) is 3.42. The summed E-state index contributed by atoms with van der Waals surface area (Å²) in [5.74, 6) is 0.207. The van der Waals surface area contributed by atoms with Crippen LogP contribution in [0.5, 0.6) is 0 Å². The Hall–Kier alpha value is -3.80. The second-order valence-corrected chi connectivity index (χ2v) is 6.84. The Morgan fingerprint density at radius 3 is 2.55 bits per heavy atom. The molecule has 0 unspecified atom stereocenters. The number of aromatic nitrogens is 3. The van der Waals surface area contributed by atoms with Gasteiger partial charge in [-0.2, -0.15) is 0 Å². The van der Waals surface area contributed by atoms with E-state index in [4.69, 9.17) is 10.8 Å². The van der Waals surface area contributed by atoms with Gasteiger partial charge < -0.3 is 4.57 Å². The highest BCUT2D eigenvalue weighted by Gasteiger charge is 2.10. The third-order valence-electron chi connectivity index (χ3n) is 4.89. The number of benzene rings is 1. The Balaban J connectivity index is 1.72. The molecule has 4 aromatic rings. The molecule has 0 spiro atoms. The van der Waals surface area contributed by atoms with Crippen molar-refractivity contribution in [3.63, 3.8) is 0 Å². The maximum atomic E-state index is 12.2.